The molecule has 0 saturated heterocycles. The Bertz CT molecular complexity index is 848. The van der Waals surface area contributed by atoms with E-state index in [1.165, 1.54) is 18.2 Å². The summed E-state index contributed by atoms with van der Waals surface area (Å²) in [5, 5.41) is 23.2. The fourth-order valence-corrected chi connectivity index (χ4v) is 3.20. The van der Waals surface area contributed by atoms with Crippen LogP contribution in [0.1, 0.15) is 31.7 Å². The average Bonchev–Trinajstić information content (AvgIpc) is 3.04. The minimum absolute atomic E-state index is 0.0272. The second-order valence-electron chi connectivity index (χ2n) is 6.65. The molecule has 28 heavy (non-hydrogen) atoms. The minimum atomic E-state index is -0.465. The van der Waals surface area contributed by atoms with Crippen LogP contribution < -0.4 is 5.32 Å². The quantitative estimate of drug-likeness (QED) is 0.215. The number of carbonyl (C=O) groups excluding carboxylic acids is 1. The van der Waals surface area contributed by atoms with Gasteiger partial charge < -0.3 is 9.88 Å². The molecule has 1 aromatic heterocycles. The highest BCUT2D eigenvalue weighted by Crippen LogP contribution is 2.19. The van der Waals surface area contributed by atoms with Crippen molar-refractivity contribution in [3.63, 3.8) is 0 Å². The molecule has 150 valence electrons. The molecule has 0 fully saturated rings. The van der Waals surface area contributed by atoms with Gasteiger partial charge in [0, 0.05) is 31.7 Å². The Morgan fingerprint density at radius 1 is 1.36 bits per heavy atom. The zero-order chi connectivity index (χ0) is 20.5. The molecule has 9 heteroatoms. The van der Waals surface area contributed by atoms with E-state index in [0.29, 0.717) is 24.4 Å². The fraction of sp³-hybridized carbons (Fsp3) is 0.421. The van der Waals surface area contributed by atoms with Gasteiger partial charge in [-0.25, -0.2) is 0 Å². The number of thioether (sulfide) groups is 1. The first-order valence-corrected chi connectivity index (χ1v) is 10.3. The van der Waals surface area contributed by atoms with Crippen molar-refractivity contribution < 1.29 is 9.72 Å². The van der Waals surface area contributed by atoms with Gasteiger partial charge in [0.1, 0.15) is 5.82 Å². The molecule has 0 aliphatic rings. The molecule has 1 heterocycles. The summed E-state index contributed by atoms with van der Waals surface area (Å²) in [6, 6.07) is 6.30. The number of benzene rings is 1. The monoisotopic (exact) mass is 403 g/mol. The van der Waals surface area contributed by atoms with Crippen molar-refractivity contribution in [2.75, 3.05) is 12.8 Å². The third-order valence-corrected chi connectivity index (χ3v) is 4.62. The number of hydrogen-bond donors (Lipinski definition) is 1. The lowest BCUT2D eigenvalue weighted by Crippen LogP contribution is -2.23. The summed E-state index contributed by atoms with van der Waals surface area (Å²) < 4.78 is 2.13. The number of nitro groups is 1. The van der Waals surface area contributed by atoms with Crippen molar-refractivity contribution in [3.05, 3.63) is 51.8 Å². The topological polar surface area (TPSA) is 103 Å². The summed E-state index contributed by atoms with van der Waals surface area (Å²) in [5.74, 6) is 1.13. The first-order valence-electron chi connectivity index (χ1n) is 9.07. The second kappa shape index (κ2) is 10.6. The number of hydrogen-bond acceptors (Lipinski definition) is 6. The maximum Gasteiger partial charge on any atom is 0.276 e. The molecule has 2 rings (SSSR count). The highest BCUT2D eigenvalue weighted by atomic mass is 32.2. The first kappa shape index (κ1) is 21.6. The third-order valence-electron chi connectivity index (χ3n) is 3.95. The van der Waals surface area contributed by atoms with E-state index in [1.807, 2.05) is 6.26 Å². The molecule has 0 atom stereocenters. The molecule has 0 aliphatic heterocycles. The zero-order valence-electron chi connectivity index (χ0n) is 16.3. The lowest BCUT2D eigenvalue weighted by Gasteiger charge is -2.11. The van der Waals surface area contributed by atoms with Crippen LogP contribution >= 0.6 is 11.8 Å². The number of amides is 1. The maximum atomic E-state index is 12.0. The largest absolute Gasteiger partial charge is 0.353 e. The second-order valence-corrected chi connectivity index (χ2v) is 7.42. The van der Waals surface area contributed by atoms with Gasteiger partial charge in [-0.15, -0.1) is 10.2 Å². The van der Waals surface area contributed by atoms with Gasteiger partial charge in [0.2, 0.25) is 5.91 Å². The van der Waals surface area contributed by atoms with Gasteiger partial charge in [0.05, 0.1) is 10.5 Å². The number of aromatic nitrogens is 3. The molecule has 0 aliphatic carbocycles. The van der Waals surface area contributed by atoms with Crippen LogP contribution in [0.3, 0.4) is 0 Å². The Morgan fingerprint density at radius 3 is 2.79 bits per heavy atom. The van der Waals surface area contributed by atoms with Crippen LogP contribution in [0.5, 0.6) is 0 Å². The van der Waals surface area contributed by atoms with Crippen LogP contribution in [0.15, 0.2) is 35.5 Å². The summed E-state index contributed by atoms with van der Waals surface area (Å²) in [5.41, 5.74) is 0.370. The summed E-state index contributed by atoms with van der Waals surface area (Å²) in [7, 11) is 0. The smallest absolute Gasteiger partial charge is 0.276 e. The normalized spacial score (nSPS) is 11.3. The van der Waals surface area contributed by atoms with Crippen LogP contribution in [0, 0.1) is 16.0 Å². The fourth-order valence-electron chi connectivity index (χ4n) is 2.68. The van der Waals surface area contributed by atoms with Crippen LogP contribution in [-0.2, 0) is 17.8 Å². The van der Waals surface area contributed by atoms with E-state index in [2.05, 4.69) is 33.9 Å². The van der Waals surface area contributed by atoms with Gasteiger partial charge >= 0.3 is 0 Å². The van der Waals surface area contributed by atoms with Gasteiger partial charge in [-0.2, -0.15) is 0 Å². The molecule has 1 aromatic carbocycles. The molecule has 0 unspecified atom stereocenters. The number of carbonyl (C=O) groups is 1. The zero-order valence-corrected chi connectivity index (χ0v) is 17.1. The molecule has 0 spiro atoms. The van der Waals surface area contributed by atoms with Gasteiger partial charge in [0.15, 0.2) is 5.16 Å². The molecule has 8 nitrogen and oxygen atoms in total. The SMILES string of the molecule is CSc1nnc(CCCNC(=O)/C=C/c2ccccc2[N+](=O)[O-])n1CC(C)C. The summed E-state index contributed by atoms with van der Waals surface area (Å²) >= 11 is 1.57. The predicted molar refractivity (Wildman–Crippen MR) is 110 cm³/mol. The van der Waals surface area contributed by atoms with Crippen LogP contribution in [0.4, 0.5) is 5.69 Å². The van der Waals surface area contributed by atoms with Gasteiger partial charge in [0.25, 0.3) is 5.69 Å². The molecular weight excluding hydrogens is 378 g/mol. The van der Waals surface area contributed by atoms with Crippen LogP contribution in [-0.4, -0.2) is 38.4 Å². The molecule has 0 bridgehead atoms. The van der Waals surface area contributed by atoms with E-state index in [0.717, 1.165) is 23.9 Å². The molecular formula is C19H25N5O3S. The average molecular weight is 404 g/mol. The Morgan fingerprint density at radius 2 is 2.11 bits per heavy atom. The maximum absolute atomic E-state index is 12.0. The summed E-state index contributed by atoms with van der Waals surface area (Å²) in [6.07, 6.45) is 6.20. The van der Waals surface area contributed by atoms with E-state index < -0.39 is 4.92 Å². The van der Waals surface area contributed by atoms with E-state index in [1.54, 1.807) is 30.0 Å². The predicted octanol–water partition coefficient (Wildman–Crippen LogP) is 3.33. The Labute approximate surface area is 168 Å². The van der Waals surface area contributed by atoms with Crippen molar-refractivity contribution >= 4 is 29.4 Å². The number of aryl methyl sites for hydroxylation is 1. The first-order chi connectivity index (χ1) is 13.4. The van der Waals surface area contributed by atoms with Crippen molar-refractivity contribution in [2.45, 2.75) is 38.4 Å². The number of nitro benzene ring substituents is 1. The molecule has 2 aromatic rings. The van der Waals surface area contributed by atoms with Crippen LogP contribution in [0.2, 0.25) is 0 Å². The van der Waals surface area contributed by atoms with E-state index >= 15 is 0 Å². The lowest BCUT2D eigenvalue weighted by atomic mass is 10.1. The van der Waals surface area contributed by atoms with E-state index in [9.17, 15) is 14.9 Å². The van der Waals surface area contributed by atoms with Gasteiger partial charge in [-0.05, 0) is 30.7 Å². The van der Waals surface area contributed by atoms with Crippen molar-refractivity contribution in [1.29, 1.82) is 0 Å². The molecule has 0 radical (unpaired) electrons. The molecule has 1 N–H and O–H groups in total. The Hall–Kier alpha value is -2.68. The lowest BCUT2D eigenvalue weighted by molar-refractivity contribution is -0.385. The van der Waals surface area contributed by atoms with Crippen molar-refractivity contribution in [1.82, 2.24) is 20.1 Å². The highest BCUT2D eigenvalue weighted by Gasteiger charge is 2.12. The number of rotatable bonds is 10. The Kier molecular flexibility index (Phi) is 8.19. The van der Waals surface area contributed by atoms with E-state index in [4.69, 9.17) is 0 Å². The standard InChI is InChI=1S/C19H25N5O3S/c1-14(2)13-23-17(21-22-19(23)28-3)9-6-12-20-18(25)11-10-15-7-4-5-8-16(15)24(26)27/h4-5,7-8,10-11,14H,6,9,12-13H2,1-3H3,(H,20,25)/b11-10+. The Balaban J connectivity index is 1.85. The van der Waals surface area contributed by atoms with Crippen molar-refractivity contribution in [3.8, 4) is 0 Å². The van der Waals surface area contributed by atoms with Gasteiger partial charge in [-0.1, -0.05) is 37.7 Å². The number of nitrogens with one attached hydrogen (secondary N) is 1. The third kappa shape index (κ3) is 6.19. The van der Waals surface area contributed by atoms with E-state index in [-0.39, 0.29) is 11.6 Å². The van der Waals surface area contributed by atoms with Crippen LogP contribution in [0.25, 0.3) is 6.08 Å². The van der Waals surface area contributed by atoms with Gasteiger partial charge in [-0.3, -0.25) is 14.9 Å². The number of nitrogens with zero attached hydrogens (tertiary/aromatic N) is 4. The highest BCUT2D eigenvalue weighted by molar-refractivity contribution is 7.98. The molecule has 0 saturated carbocycles. The summed E-state index contributed by atoms with van der Waals surface area (Å²) in [6.45, 7) is 5.65. The number of para-hydroxylation sites is 1. The summed E-state index contributed by atoms with van der Waals surface area (Å²) in [4.78, 5) is 22.5. The van der Waals surface area contributed by atoms with Crippen molar-refractivity contribution in [2.24, 2.45) is 5.92 Å². The minimum Gasteiger partial charge on any atom is -0.353 e. The molecule has 1 amide bonds.